The summed E-state index contributed by atoms with van der Waals surface area (Å²) in [6.07, 6.45) is 1.42. The summed E-state index contributed by atoms with van der Waals surface area (Å²) < 4.78 is 22.7. The highest BCUT2D eigenvalue weighted by atomic mass is 16.6. The molecule has 38 heavy (non-hydrogen) atoms. The van der Waals surface area contributed by atoms with Crippen LogP contribution >= 0.6 is 0 Å². The molecule has 2 N–H and O–H groups in total. The maximum Gasteiger partial charge on any atom is 0.259 e. The van der Waals surface area contributed by atoms with Crippen LogP contribution in [-0.2, 0) is 0 Å². The minimum absolute atomic E-state index is 0.137. The quantitative estimate of drug-likeness (QED) is 0.297. The van der Waals surface area contributed by atoms with Crippen molar-refractivity contribution < 1.29 is 23.7 Å². The van der Waals surface area contributed by atoms with Crippen molar-refractivity contribution in [2.45, 2.75) is 0 Å². The van der Waals surface area contributed by atoms with Crippen molar-refractivity contribution in [1.29, 1.82) is 0 Å². The van der Waals surface area contributed by atoms with Gasteiger partial charge >= 0.3 is 0 Å². The molecule has 0 aliphatic carbocycles. The summed E-state index contributed by atoms with van der Waals surface area (Å²) in [5.41, 5.74) is 1.08. The van der Waals surface area contributed by atoms with E-state index in [9.17, 15) is 4.79 Å². The number of anilines is 1. The molecule has 1 aliphatic rings. The summed E-state index contributed by atoms with van der Waals surface area (Å²) in [7, 11) is 0. The fourth-order valence-electron chi connectivity index (χ4n) is 3.71. The predicted octanol–water partition coefficient (Wildman–Crippen LogP) is 5.47. The van der Waals surface area contributed by atoms with Crippen LogP contribution in [0.5, 0.6) is 34.6 Å². The van der Waals surface area contributed by atoms with Crippen molar-refractivity contribution in [2.24, 2.45) is 0 Å². The van der Waals surface area contributed by atoms with Gasteiger partial charge in [-0.3, -0.25) is 15.2 Å². The number of amides is 1. The first-order chi connectivity index (χ1) is 18.7. The summed E-state index contributed by atoms with van der Waals surface area (Å²) >= 11 is 0. The third-order valence-corrected chi connectivity index (χ3v) is 5.55. The normalized spacial score (nSPS) is 12.0. The average Bonchev–Trinajstić information content (AvgIpc) is 3.43. The molecule has 0 fully saturated rings. The van der Waals surface area contributed by atoms with Crippen LogP contribution in [0.3, 0.4) is 0 Å². The summed E-state index contributed by atoms with van der Waals surface area (Å²) in [5, 5.41) is 9.57. The number of fused-ring (bicyclic) bond motifs is 1. The Bertz CT molecular complexity index is 1550. The third-order valence-electron chi connectivity index (χ3n) is 5.55. The van der Waals surface area contributed by atoms with Crippen LogP contribution in [0.4, 0.5) is 5.95 Å². The van der Waals surface area contributed by atoms with Crippen molar-refractivity contribution in [1.82, 2.24) is 20.2 Å². The first-order valence-electron chi connectivity index (χ1n) is 11.8. The number of hydrogen-bond donors (Lipinski definition) is 2. The van der Waals surface area contributed by atoms with E-state index in [-0.39, 0.29) is 5.95 Å². The van der Waals surface area contributed by atoms with Gasteiger partial charge in [-0.15, -0.1) is 5.10 Å². The van der Waals surface area contributed by atoms with Gasteiger partial charge in [0.05, 0.1) is 5.56 Å². The van der Waals surface area contributed by atoms with Crippen LogP contribution in [0, 0.1) is 0 Å². The summed E-state index contributed by atoms with van der Waals surface area (Å²) in [5.74, 6) is 3.91. The zero-order valence-corrected chi connectivity index (χ0v) is 20.0. The lowest BCUT2D eigenvalue weighted by atomic mass is 10.2. The van der Waals surface area contributed by atoms with E-state index in [1.807, 2.05) is 48.5 Å². The minimum atomic E-state index is -0.404. The topological polar surface area (TPSA) is 120 Å². The van der Waals surface area contributed by atoms with Crippen LogP contribution in [0.1, 0.15) is 10.4 Å². The Balaban J connectivity index is 1.06. The van der Waals surface area contributed by atoms with Crippen LogP contribution in [0.2, 0.25) is 0 Å². The Morgan fingerprint density at radius 1 is 0.816 bits per heavy atom. The first kappa shape index (κ1) is 23.0. The number of nitrogens with zero attached hydrogens (tertiary/aromatic N) is 3. The van der Waals surface area contributed by atoms with E-state index in [4.69, 9.17) is 18.9 Å². The molecule has 0 spiro atoms. The monoisotopic (exact) mass is 507 g/mol. The number of nitrogens with one attached hydrogen (secondary N) is 2. The maximum absolute atomic E-state index is 12.7. The molecule has 0 radical (unpaired) electrons. The van der Waals surface area contributed by atoms with Gasteiger partial charge in [0, 0.05) is 17.8 Å². The lowest BCUT2D eigenvalue weighted by Crippen LogP contribution is -2.15. The van der Waals surface area contributed by atoms with E-state index in [1.165, 1.54) is 6.20 Å². The number of para-hydroxylation sites is 1. The number of carbonyl (C=O) groups excluding carboxylic acids is 1. The fourth-order valence-corrected chi connectivity index (χ4v) is 3.71. The van der Waals surface area contributed by atoms with E-state index in [0.29, 0.717) is 53.5 Å². The average molecular weight is 508 g/mol. The summed E-state index contributed by atoms with van der Waals surface area (Å²) in [6, 6.07) is 25.4. The van der Waals surface area contributed by atoms with Gasteiger partial charge in [0.1, 0.15) is 30.5 Å². The van der Waals surface area contributed by atoms with Crippen molar-refractivity contribution in [2.75, 3.05) is 18.5 Å². The number of carbonyl (C=O) groups is 1. The SMILES string of the molecule is O=C(Nc1n[nH]c(-c2ccc3c(c2)OCCO3)n1)c1ccc(Oc2ccc(Oc3ccccc3)cc2)nc1. The van der Waals surface area contributed by atoms with Crippen LogP contribution in [0.25, 0.3) is 11.4 Å². The van der Waals surface area contributed by atoms with Crippen LogP contribution in [-0.4, -0.2) is 39.3 Å². The second-order valence-corrected chi connectivity index (χ2v) is 8.19. The Labute approximate surface area is 217 Å². The zero-order valence-electron chi connectivity index (χ0n) is 20.0. The molecule has 1 amide bonds. The molecule has 6 rings (SSSR count). The number of H-pyrrole nitrogens is 1. The van der Waals surface area contributed by atoms with E-state index in [0.717, 1.165) is 11.3 Å². The number of aromatic amines is 1. The third kappa shape index (κ3) is 5.24. The Morgan fingerprint density at radius 3 is 2.32 bits per heavy atom. The van der Waals surface area contributed by atoms with E-state index < -0.39 is 5.91 Å². The van der Waals surface area contributed by atoms with Crippen LogP contribution < -0.4 is 24.3 Å². The second kappa shape index (κ2) is 10.3. The standard InChI is InChI=1S/C28H21N5O5/c34-27(31-28-30-26(32-33-28)18-6-12-23-24(16-18)36-15-14-35-23)19-7-13-25(29-17-19)38-22-10-8-21(9-11-22)37-20-4-2-1-3-5-20/h1-13,16-17H,14-15H2,(H2,30,31,32,33,34). The molecular formula is C28H21N5O5. The molecule has 10 nitrogen and oxygen atoms in total. The molecule has 0 saturated carbocycles. The maximum atomic E-state index is 12.7. The van der Waals surface area contributed by atoms with Crippen molar-refractivity contribution in [3.05, 3.63) is 96.7 Å². The molecule has 10 heteroatoms. The largest absolute Gasteiger partial charge is 0.486 e. The summed E-state index contributed by atoms with van der Waals surface area (Å²) in [6.45, 7) is 1.01. The van der Waals surface area contributed by atoms with Gasteiger partial charge in [-0.1, -0.05) is 18.2 Å². The Hall–Kier alpha value is -5.38. The number of hydrogen-bond acceptors (Lipinski definition) is 8. The van der Waals surface area contributed by atoms with Crippen molar-refractivity contribution in [3.8, 4) is 46.0 Å². The molecule has 0 saturated heterocycles. The molecule has 3 heterocycles. The van der Waals surface area contributed by atoms with E-state index in [1.54, 1.807) is 36.4 Å². The molecule has 3 aromatic carbocycles. The van der Waals surface area contributed by atoms with E-state index >= 15 is 0 Å². The molecule has 5 aromatic rings. The van der Waals surface area contributed by atoms with Crippen LogP contribution in [0.15, 0.2) is 91.1 Å². The Morgan fingerprint density at radius 2 is 1.55 bits per heavy atom. The van der Waals surface area contributed by atoms with Gasteiger partial charge < -0.3 is 18.9 Å². The first-order valence-corrected chi connectivity index (χ1v) is 11.8. The zero-order chi connectivity index (χ0) is 25.7. The van der Waals surface area contributed by atoms with Crippen molar-refractivity contribution in [3.63, 3.8) is 0 Å². The number of aromatic nitrogens is 4. The van der Waals surface area contributed by atoms with E-state index in [2.05, 4.69) is 25.5 Å². The highest BCUT2D eigenvalue weighted by Gasteiger charge is 2.16. The van der Waals surface area contributed by atoms with Gasteiger partial charge in [0.25, 0.3) is 5.91 Å². The number of ether oxygens (including phenoxy) is 4. The van der Waals surface area contributed by atoms with Gasteiger partial charge in [0.15, 0.2) is 17.3 Å². The minimum Gasteiger partial charge on any atom is -0.486 e. The van der Waals surface area contributed by atoms with Gasteiger partial charge in [-0.2, -0.15) is 4.98 Å². The Kier molecular flexibility index (Phi) is 6.25. The molecule has 0 atom stereocenters. The smallest absolute Gasteiger partial charge is 0.259 e. The summed E-state index contributed by atoms with van der Waals surface area (Å²) in [4.78, 5) is 21.3. The molecule has 0 unspecified atom stereocenters. The molecule has 1 aliphatic heterocycles. The highest BCUT2D eigenvalue weighted by molar-refractivity contribution is 6.03. The molecule has 2 aromatic heterocycles. The molecular weight excluding hydrogens is 486 g/mol. The van der Waals surface area contributed by atoms with Crippen molar-refractivity contribution >= 4 is 11.9 Å². The second-order valence-electron chi connectivity index (χ2n) is 8.19. The fraction of sp³-hybridized carbons (Fsp3) is 0.0714. The lowest BCUT2D eigenvalue weighted by Gasteiger charge is -2.18. The number of rotatable bonds is 7. The number of pyridine rings is 1. The predicted molar refractivity (Wildman–Crippen MR) is 138 cm³/mol. The lowest BCUT2D eigenvalue weighted by molar-refractivity contribution is 0.102. The van der Waals surface area contributed by atoms with Gasteiger partial charge in [-0.05, 0) is 60.7 Å². The molecule has 0 bridgehead atoms. The van der Waals surface area contributed by atoms with Gasteiger partial charge in [-0.25, -0.2) is 4.98 Å². The number of benzene rings is 3. The highest BCUT2D eigenvalue weighted by Crippen LogP contribution is 2.33. The van der Waals surface area contributed by atoms with Gasteiger partial charge in [0.2, 0.25) is 11.8 Å². The molecule has 188 valence electrons.